The molecule has 1 aromatic carbocycles. The normalized spacial score (nSPS) is 17.0. The number of nitrogens with one attached hydrogen (secondary N) is 1. The Kier molecular flexibility index (Phi) is 3.68. The molecule has 1 aliphatic heterocycles. The zero-order valence-electron chi connectivity index (χ0n) is 14.1. The number of carbonyl (C=O) groups is 1. The van der Waals surface area contributed by atoms with E-state index in [-0.39, 0.29) is 11.6 Å². The first-order valence-corrected chi connectivity index (χ1v) is 7.40. The van der Waals surface area contributed by atoms with Gasteiger partial charge in [0.25, 0.3) is 0 Å². The Morgan fingerprint density at radius 2 is 1.81 bits per heavy atom. The van der Waals surface area contributed by atoms with Crippen molar-refractivity contribution in [3.8, 4) is 0 Å². The summed E-state index contributed by atoms with van der Waals surface area (Å²) in [6.07, 6.45) is -0.293. The maximum atomic E-state index is 12.7. The standard InChI is InChI=1S/C17H26N2O2/c1-11-8-13-14(9-12(11)2)19(17(6,7)10-18-13)15(20)21-16(3,4)5/h8-9,18H,10H2,1-7H3. The summed E-state index contributed by atoms with van der Waals surface area (Å²) in [5.41, 5.74) is 3.42. The lowest BCUT2D eigenvalue weighted by molar-refractivity contribution is 0.0546. The molecular weight excluding hydrogens is 264 g/mol. The Hall–Kier alpha value is -1.71. The summed E-state index contributed by atoms with van der Waals surface area (Å²) in [6.45, 7) is 14.6. The molecule has 4 heteroatoms. The number of hydrogen-bond acceptors (Lipinski definition) is 3. The van der Waals surface area contributed by atoms with Crippen LogP contribution in [-0.2, 0) is 4.74 Å². The average molecular weight is 290 g/mol. The molecule has 4 nitrogen and oxygen atoms in total. The maximum absolute atomic E-state index is 12.7. The van der Waals surface area contributed by atoms with Crippen LogP contribution in [-0.4, -0.2) is 23.8 Å². The number of hydrogen-bond donors (Lipinski definition) is 1. The number of aryl methyl sites for hydroxylation is 2. The van der Waals surface area contributed by atoms with Gasteiger partial charge in [-0.2, -0.15) is 0 Å². The van der Waals surface area contributed by atoms with Crippen LogP contribution in [0.15, 0.2) is 12.1 Å². The molecule has 2 rings (SSSR count). The number of benzene rings is 1. The minimum atomic E-state index is -0.502. The van der Waals surface area contributed by atoms with Crippen LogP contribution in [0.4, 0.5) is 16.2 Å². The second kappa shape index (κ2) is 4.93. The number of amides is 1. The number of fused-ring (bicyclic) bond motifs is 1. The molecule has 0 aliphatic carbocycles. The number of ether oxygens (including phenoxy) is 1. The third kappa shape index (κ3) is 3.14. The van der Waals surface area contributed by atoms with Gasteiger partial charge in [0.15, 0.2) is 0 Å². The Bertz CT molecular complexity index is 571. The van der Waals surface area contributed by atoms with Crippen molar-refractivity contribution in [1.82, 2.24) is 0 Å². The third-order valence-corrected chi connectivity index (χ3v) is 3.75. The first-order valence-electron chi connectivity index (χ1n) is 7.40. The molecule has 0 saturated carbocycles. The lowest BCUT2D eigenvalue weighted by Crippen LogP contribution is -2.56. The Morgan fingerprint density at radius 1 is 1.24 bits per heavy atom. The number of carbonyl (C=O) groups excluding carboxylic acids is 1. The highest BCUT2D eigenvalue weighted by Crippen LogP contribution is 2.38. The van der Waals surface area contributed by atoms with Crippen molar-refractivity contribution in [3.05, 3.63) is 23.3 Å². The number of anilines is 2. The summed E-state index contributed by atoms with van der Waals surface area (Å²) in [7, 11) is 0. The quantitative estimate of drug-likeness (QED) is 0.776. The Labute approximate surface area is 127 Å². The van der Waals surface area contributed by atoms with Crippen molar-refractivity contribution in [2.24, 2.45) is 0 Å². The lowest BCUT2D eigenvalue weighted by Gasteiger charge is -2.44. The van der Waals surface area contributed by atoms with Crippen LogP contribution in [0, 0.1) is 13.8 Å². The molecule has 0 radical (unpaired) electrons. The summed E-state index contributed by atoms with van der Waals surface area (Å²) in [6, 6.07) is 4.15. The summed E-state index contributed by atoms with van der Waals surface area (Å²) in [5, 5.41) is 3.42. The molecule has 0 atom stereocenters. The highest BCUT2D eigenvalue weighted by atomic mass is 16.6. The summed E-state index contributed by atoms with van der Waals surface area (Å²) < 4.78 is 5.60. The molecule has 0 aromatic heterocycles. The second-order valence-electron chi connectivity index (χ2n) is 7.44. The van der Waals surface area contributed by atoms with E-state index in [9.17, 15) is 4.79 Å². The molecule has 1 heterocycles. The minimum absolute atomic E-state index is 0.293. The molecule has 1 N–H and O–H groups in total. The number of rotatable bonds is 0. The van der Waals surface area contributed by atoms with Crippen molar-refractivity contribution in [1.29, 1.82) is 0 Å². The van der Waals surface area contributed by atoms with Gasteiger partial charge in [-0.3, -0.25) is 4.90 Å². The van der Waals surface area contributed by atoms with E-state index in [2.05, 4.69) is 31.3 Å². The molecule has 0 bridgehead atoms. The van der Waals surface area contributed by atoms with Gasteiger partial charge in [0, 0.05) is 6.54 Å². The maximum Gasteiger partial charge on any atom is 0.415 e. The van der Waals surface area contributed by atoms with Crippen molar-refractivity contribution in [2.75, 3.05) is 16.8 Å². The predicted octanol–water partition coefficient (Wildman–Crippen LogP) is 4.25. The van der Waals surface area contributed by atoms with Crippen molar-refractivity contribution < 1.29 is 9.53 Å². The average Bonchev–Trinajstić information content (AvgIpc) is 2.28. The van der Waals surface area contributed by atoms with Gasteiger partial charge in [-0.05, 0) is 71.7 Å². The first kappa shape index (κ1) is 15.7. The van der Waals surface area contributed by atoms with E-state index < -0.39 is 5.60 Å². The largest absolute Gasteiger partial charge is 0.443 e. The first-order chi connectivity index (χ1) is 9.51. The molecule has 21 heavy (non-hydrogen) atoms. The van der Waals surface area contributed by atoms with Gasteiger partial charge >= 0.3 is 6.09 Å². The van der Waals surface area contributed by atoms with Gasteiger partial charge in [-0.25, -0.2) is 4.79 Å². The van der Waals surface area contributed by atoms with Gasteiger partial charge in [-0.15, -0.1) is 0 Å². The smallest absolute Gasteiger partial charge is 0.415 e. The van der Waals surface area contributed by atoms with E-state index in [4.69, 9.17) is 4.74 Å². The molecule has 1 aliphatic rings. The lowest BCUT2D eigenvalue weighted by atomic mass is 9.96. The zero-order chi connectivity index (χ0) is 16.0. The molecule has 116 valence electrons. The van der Waals surface area contributed by atoms with Crippen molar-refractivity contribution in [2.45, 2.75) is 59.6 Å². The fraction of sp³-hybridized carbons (Fsp3) is 0.588. The van der Waals surface area contributed by atoms with Crippen LogP contribution in [0.3, 0.4) is 0 Å². The molecule has 1 amide bonds. The van der Waals surface area contributed by atoms with Crippen LogP contribution in [0.5, 0.6) is 0 Å². The van der Waals surface area contributed by atoms with E-state index in [1.807, 2.05) is 34.6 Å². The van der Waals surface area contributed by atoms with Crippen LogP contribution in [0.1, 0.15) is 45.7 Å². The molecular formula is C17H26N2O2. The Balaban J connectivity index is 2.48. The van der Waals surface area contributed by atoms with E-state index in [0.717, 1.165) is 11.4 Å². The van der Waals surface area contributed by atoms with E-state index in [1.54, 1.807) is 4.90 Å². The van der Waals surface area contributed by atoms with Crippen LogP contribution >= 0.6 is 0 Å². The minimum Gasteiger partial charge on any atom is -0.443 e. The zero-order valence-corrected chi connectivity index (χ0v) is 14.1. The van der Waals surface area contributed by atoms with Crippen LogP contribution in [0.25, 0.3) is 0 Å². The van der Waals surface area contributed by atoms with Gasteiger partial charge in [0.2, 0.25) is 0 Å². The van der Waals surface area contributed by atoms with Crippen molar-refractivity contribution in [3.63, 3.8) is 0 Å². The highest BCUT2D eigenvalue weighted by Gasteiger charge is 2.39. The van der Waals surface area contributed by atoms with Gasteiger partial charge < -0.3 is 10.1 Å². The number of nitrogens with zero attached hydrogens (tertiary/aromatic N) is 1. The van der Waals surface area contributed by atoms with Crippen LogP contribution in [0.2, 0.25) is 0 Å². The van der Waals surface area contributed by atoms with E-state index in [0.29, 0.717) is 6.54 Å². The monoisotopic (exact) mass is 290 g/mol. The van der Waals surface area contributed by atoms with Crippen LogP contribution < -0.4 is 10.2 Å². The third-order valence-electron chi connectivity index (χ3n) is 3.75. The SMILES string of the molecule is Cc1cc2c(cc1C)N(C(=O)OC(C)(C)C)C(C)(C)CN2. The van der Waals surface area contributed by atoms with E-state index in [1.165, 1.54) is 11.1 Å². The van der Waals surface area contributed by atoms with Gasteiger partial charge in [-0.1, -0.05) is 0 Å². The molecule has 0 unspecified atom stereocenters. The molecule has 0 fully saturated rings. The van der Waals surface area contributed by atoms with E-state index >= 15 is 0 Å². The fourth-order valence-electron chi connectivity index (χ4n) is 2.50. The van der Waals surface area contributed by atoms with Crippen molar-refractivity contribution >= 4 is 17.5 Å². The molecule has 0 saturated heterocycles. The summed E-state index contributed by atoms with van der Waals surface area (Å²) in [5.74, 6) is 0. The topological polar surface area (TPSA) is 41.6 Å². The Morgan fingerprint density at radius 3 is 2.38 bits per heavy atom. The summed E-state index contributed by atoms with van der Waals surface area (Å²) >= 11 is 0. The predicted molar refractivity (Wildman–Crippen MR) is 87.2 cm³/mol. The highest BCUT2D eigenvalue weighted by molar-refractivity contribution is 5.95. The second-order valence-corrected chi connectivity index (χ2v) is 7.44. The summed E-state index contributed by atoms with van der Waals surface area (Å²) in [4.78, 5) is 14.4. The van der Waals surface area contributed by atoms with Gasteiger partial charge in [0.1, 0.15) is 5.60 Å². The fourth-order valence-corrected chi connectivity index (χ4v) is 2.50. The van der Waals surface area contributed by atoms with Gasteiger partial charge in [0.05, 0.1) is 16.9 Å². The molecule has 1 aromatic rings. The molecule has 0 spiro atoms.